The number of nitrogens with zero attached hydrogens (tertiary/aromatic N) is 1. The van der Waals surface area contributed by atoms with Gasteiger partial charge in [-0.1, -0.05) is 12.1 Å². The normalized spacial score (nSPS) is 10.5. The topological polar surface area (TPSA) is 100 Å². The molecule has 2 rings (SSSR count). The lowest BCUT2D eigenvalue weighted by Gasteiger charge is -2.09. The van der Waals surface area contributed by atoms with Crippen LogP contribution in [0.4, 0.5) is 0 Å². The zero-order valence-electron chi connectivity index (χ0n) is 12.6. The molecule has 0 heterocycles. The zero-order valence-corrected chi connectivity index (χ0v) is 12.6. The highest BCUT2D eigenvalue weighted by Gasteiger charge is 2.11. The van der Waals surface area contributed by atoms with Crippen molar-refractivity contribution in [2.24, 2.45) is 5.10 Å². The molecule has 120 valence electrons. The molecule has 23 heavy (non-hydrogen) atoms. The average molecular weight is 316 g/mol. The molecular formula is C16H16N2O5. The Labute approximate surface area is 132 Å². The van der Waals surface area contributed by atoms with E-state index in [2.05, 4.69) is 10.5 Å². The predicted octanol–water partition coefficient (Wildman–Crippen LogP) is 1.88. The molecule has 0 fully saturated rings. The molecule has 2 aromatic rings. The van der Waals surface area contributed by atoms with E-state index in [0.717, 1.165) is 0 Å². The van der Waals surface area contributed by atoms with Gasteiger partial charge in [0.15, 0.2) is 11.5 Å². The number of carbonyl (C=O) groups is 1. The van der Waals surface area contributed by atoms with Crippen LogP contribution in [0.25, 0.3) is 0 Å². The monoisotopic (exact) mass is 316 g/mol. The van der Waals surface area contributed by atoms with Gasteiger partial charge in [0.2, 0.25) is 5.75 Å². The number of carbonyl (C=O) groups excluding carboxylic acids is 1. The van der Waals surface area contributed by atoms with E-state index in [9.17, 15) is 15.0 Å². The highest BCUT2D eigenvalue weighted by Crippen LogP contribution is 2.36. The summed E-state index contributed by atoms with van der Waals surface area (Å²) in [6, 6.07) is 9.21. The molecular weight excluding hydrogens is 300 g/mol. The Bertz CT molecular complexity index is 718. The van der Waals surface area contributed by atoms with Gasteiger partial charge in [-0.3, -0.25) is 4.79 Å². The number of phenols is 2. The Kier molecular flexibility index (Phi) is 5.03. The van der Waals surface area contributed by atoms with Crippen LogP contribution in [-0.2, 0) is 0 Å². The Morgan fingerprint density at radius 3 is 2.30 bits per heavy atom. The first kappa shape index (κ1) is 16.2. The number of amides is 1. The van der Waals surface area contributed by atoms with E-state index in [1.165, 1.54) is 44.7 Å². The molecule has 0 aliphatic heterocycles. The molecule has 0 aromatic heterocycles. The van der Waals surface area contributed by atoms with Gasteiger partial charge in [-0.2, -0.15) is 5.10 Å². The maximum Gasteiger partial charge on any atom is 0.275 e. The van der Waals surface area contributed by atoms with Crippen molar-refractivity contribution < 1.29 is 24.5 Å². The van der Waals surface area contributed by atoms with E-state index >= 15 is 0 Å². The van der Waals surface area contributed by atoms with Crippen LogP contribution >= 0.6 is 0 Å². The Hall–Kier alpha value is -3.22. The van der Waals surface area contributed by atoms with E-state index in [-0.39, 0.29) is 28.6 Å². The molecule has 2 aromatic carbocycles. The molecule has 7 heteroatoms. The number of hydrogen-bond acceptors (Lipinski definition) is 6. The van der Waals surface area contributed by atoms with Crippen molar-refractivity contribution in [3.8, 4) is 23.0 Å². The zero-order chi connectivity index (χ0) is 16.8. The highest BCUT2D eigenvalue weighted by molar-refractivity contribution is 5.97. The van der Waals surface area contributed by atoms with E-state index in [1.54, 1.807) is 12.1 Å². The lowest BCUT2D eigenvalue weighted by molar-refractivity contribution is 0.0952. The maximum absolute atomic E-state index is 11.9. The van der Waals surface area contributed by atoms with Gasteiger partial charge in [0, 0.05) is 5.56 Å². The Morgan fingerprint density at radius 1 is 1.13 bits per heavy atom. The minimum Gasteiger partial charge on any atom is -0.507 e. The van der Waals surface area contributed by atoms with Crippen LogP contribution in [0.5, 0.6) is 23.0 Å². The van der Waals surface area contributed by atoms with Gasteiger partial charge in [-0.25, -0.2) is 5.43 Å². The van der Waals surface area contributed by atoms with Crippen molar-refractivity contribution in [1.82, 2.24) is 5.43 Å². The summed E-state index contributed by atoms with van der Waals surface area (Å²) in [5.74, 6) is -0.355. The Balaban J connectivity index is 2.15. The number of rotatable bonds is 5. The van der Waals surface area contributed by atoms with Crippen LogP contribution < -0.4 is 14.9 Å². The van der Waals surface area contributed by atoms with Gasteiger partial charge in [-0.05, 0) is 24.3 Å². The van der Waals surface area contributed by atoms with Crippen molar-refractivity contribution >= 4 is 12.1 Å². The second-order valence-electron chi connectivity index (χ2n) is 4.49. The van der Waals surface area contributed by atoms with Crippen LogP contribution in [0, 0.1) is 0 Å². The molecule has 0 unspecified atom stereocenters. The van der Waals surface area contributed by atoms with Gasteiger partial charge < -0.3 is 19.7 Å². The third kappa shape index (κ3) is 3.70. The number of ether oxygens (including phenoxy) is 2. The standard InChI is InChI=1S/C16H16N2O5/c1-22-13-7-10(8-14(23-2)15(13)20)9-17-18-16(21)11-5-3-4-6-12(11)19/h3-9,19-20H,1-2H3,(H,18,21). The van der Waals surface area contributed by atoms with E-state index < -0.39 is 5.91 Å². The number of nitrogens with one attached hydrogen (secondary N) is 1. The Morgan fingerprint density at radius 2 is 1.74 bits per heavy atom. The van der Waals surface area contributed by atoms with E-state index in [4.69, 9.17) is 9.47 Å². The number of aromatic hydroxyl groups is 2. The van der Waals surface area contributed by atoms with Crippen LogP contribution in [0.15, 0.2) is 41.5 Å². The third-order valence-corrected chi connectivity index (χ3v) is 3.03. The number of benzene rings is 2. The molecule has 0 aliphatic rings. The van der Waals surface area contributed by atoms with Crippen LogP contribution in [0.3, 0.4) is 0 Å². The van der Waals surface area contributed by atoms with E-state index in [0.29, 0.717) is 5.56 Å². The summed E-state index contributed by atoms with van der Waals surface area (Å²) in [6.45, 7) is 0. The number of hydrogen-bond donors (Lipinski definition) is 3. The fourth-order valence-electron chi connectivity index (χ4n) is 1.88. The molecule has 0 radical (unpaired) electrons. The first-order chi connectivity index (χ1) is 11.1. The third-order valence-electron chi connectivity index (χ3n) is 3.03. The predicted molar refractivity (Wildman–Crippen MR) is 84.4 cm³/mol. The summed E-state index contributed by atoms with van der Waals surface area (Å²) in [6.07, 6.45) is 1.36. The molecule has 3 N–H and O–H groups in total. The quantitative estimate of drug-likeness (QED) is 0.577. The number of phenolic OH excluding ortho intramolecular Hbond substituents is 2. The van der Waals surface area contributed by atoms with Gasteiger partial charge in [0.25, 0.3) is 5.91 Å². The molecule has 0 aliphatic carbocycles. The number of para-hydroxylation sites is 1. The van der Waals surface area contributed by atoms with E-state index in [1.807, 2.05) is 0 Å². The fraction of sp³-hybridized carbons (Fsp3) is 0.125. The maximum atomic E-state index is 11.9. The minimum atomic E-state index is -0.544. The van der Waals surface area contributed by atoms with Crippen molar-refractivity contribution in [3.63, 3.8) is 0 Å². The minimum absolute atomic E-state index is 0.116. The SMILES string of the molecule is COc1cc(C=NNC(=O)c2ccccc2O)cc(OC)c1O. The van der Waals surface area contributed by atoms with Crippen molar-refractivity contribution in [2.75, 3.05) is 14.2 Å². The second kappa shape index (κ2) is 7.17. The largest absolute Gasteiger partial charge is 0.507 e. The summed E-state index contributed by atoms with van der Waals surface area (Å²) in [5, 5.41) is 23.2. The van der Waals surface area contributed by atoms with Crippen LogP contribution in [0.2, 0.25) is 0 Å². The molecule has 0 bridgehead atoms. The van der Waals surface area contributed by atoms with Crippen LogP contribution in [-0.4, -0.2) is 36.6 Å². The van der Waals surface area contributed by atoms with Gasteiger partial charge in [-0.15, -0.1) is 0 Å². The molecule has 0 atom stereocenters. The first-order valence-corrected chi connectivity index (χ1v) is 6.63. The summed E-state index contributed by atoms with van der Waals surface area (Å²) < 4.78 is 10.1. The van der Waals surface area contributed by atoms with Gasteiger partial charge >= 0.3 is 0 Å². The fourth-order valence-corrected chi connectivity index (χ4v) is 1.88. The highest BCUT2D eigenvalue weighted by atomic mass is 16.5. The second-order valence-corrected chi connectivity index (χ2v) is 4.49. The number of methoxy groups -OCH3 is 2. The molecule has 0 saturated heterocycles. The summed E-state index contributed by atoms with van der Waals surface area (Å²) in [7, 11) is 2.82. The lowest BCUT2D eigenvalue weighted by atomic mass is 10.2. The molecule has 0 saturated carbocycles. The average Bonchev–Trinajstić information content (AvgIpc) is 2.56. The van der Waals surface area contributed by atoms with Crippen molar-refractivity contribution in [3.05, 3.63) is 47.5 Å². The van der Waals surface area contributed by atoms with Crippen molar-refractivity contribution in [2.45, 2.75) is 0 Å². The van der Waals surface area contributed by atoms with Crippen LogP contribution in [0.1, 0.15) is 15.9 Å². The summed E-state index contributed by atoms with van der Waals surface area (Å²) >= 11 is 0. The summed E-state index contributed by atoms with van der Waals surface area (Å²) in [4.78, 5) is 11.9. The lowest BCUT2D eigenvalue weighted by Crippen LogP contribution is -2.17. The smallest absolute Gasteiger partial charge is 0.275 e. The van der Waals surface area contributed by atoms with Gasteiger partial charge in [0.1, 0.15) is 5.75 Å². The molecule has 7 nitrogen and oxygen atoms in total. The molecule has 1 amide bonds. The molecule has 0 spiro atoms. The van der Waals surface area contributed by atoms with Gasteiger partial charge in [0.05, 0.1) is 26.0 Å². The van der Waals surface area contributed by atoms with Crippen molar-refractivity contribution in [1.29, 1.82) is 0 Å². The first-order valence-electron chi connectivity index (χ1n) is 6.63. The summed E-state index contributed by atoms with van der Waals surface area (Å²) in [5.41, 5.74) is 2.97. The number of hydrazone groups is 1.